The molecule has 0 bridgehead atoms. The van der Waals surface area contributed by atoms with Gasteiger partial charge in [-0.15, -0.1) is 11.3 Å². The van der Waals surface area contributed by atoms with Crippen molar-refractivity contribution >= 4 is 11.3 Å². The van der Waals surface area contributed by atoms with Crippen LogP contribution >= 0.6 is 11.3 Å². The molecular weight excluding hydrogens is 308 g/mol. The van der Waals surface area contributed by atoms with Gasteiger partial charge in [0.2, 0.25) is 11.7 Å². The lowest BCUT2D eigenvalue weighted by Crippen LogP contribution is -2.34. The van der Waals surface area contributed by atoms with Gasteiger partial charge >= 0.3 is 0 Å². The lowest BCUT2D eigenvalue weighted by atomic mass is 9.98. The van der Waals surface area contributed by atoms with Crippen LogP contribution in [0.15, 0.2) is 40.5 Å². The van der Waals surface area contributed by atoms with Gasteiger partial charge in [-0.1, -0.05) is 12.1 Å². The van der Waals surface area contributed by atoms with Gasteiger partial charge in [0.25, 0.3) is 0 Å². The second kappa shape index (κ2) is 6.22. The van der Waals surface area contributed by atoms with E-state index in [4.69, 9.17) is 4.52 Å². The molecule has 4 heterocycles. The van der Waals surface area contributed by atoms with E-state index in [0.29, 0.717) is 24.3 Å². The topological polar surface area (TPSA) is 55.1 Å². The molecule has 0 aliphatic carbocycles. The average molecular weight is 326 g/mol. The van der Waals surface area contributed by atoms with E-state index in [1.807, 2.05) is 23.5 Å². The van der Waals surface area contributed by atoms with Gasteiger partial charge < -0.3 is 4.52 Å². The fourth-order valence-electron chi connectivity index (χ4n) is 3.22. The fraction of sp³-hybridized carbons (Fsp3) is 0.353. The summed E-state index contributed by atoms with van der Waals surface area (Å²) >= 11 is 1.87. The summed E-state index contributed by atoms with van der Waals surface area (Å²) < 4.78 is 5.46. The third-order valence-electron chi connectivity index (χ3n) is 4.32. The van der Waals surface area contributed by atoms with E-state index in [1.165, 1.54) is 10.4 Å². The molecule has 0 radical (unpaired) electrons. The van der Waals surface area contributed by atoms with Gasteiger partial charge in [-0.2, -0.15) is 4.98 Å². The maximum absolute atomic E-state index is 5.46. The molecule has 0 saturated carbocycles. The first kappa shape index (κ1) is 14.5. The van der Waals surface area contributed by atoms with Crippen LogP contribution in [-0.2, 0) is 13.0 Å². The first-order chi connectivity index (χ1) is 11.3. The van der Waals surface area contributed by atoms with E-state index in [1.54, 1.807) is 12.4 Å². The number of fused-ring (bicyclic) bond motifs is 1. The third kappa shape index (κ3) is 2.80. The molecule has 0 spiro atoms. The van der Waals surface area contributed by atoms with Crippen LogP contribution in [0.5, 0.6) is 0 Å². The quantitative estimate of drug-likeness (QED) is 0.731. The molecule has 0 aromatic carbocycles. The highest BCUT2D eigenvalue weighted by Gasteiger charge is 2.28. The van der Waals surface area contributed by atoms with Crippen LogP contribution in [0, 0.1) is 0 Å². The monoisotopic (exact) mass is 326 g/mol. The minimum absolute atomic E-state index is 0.443. The van der Waals surface area contributed by atoms with Gasteiger partial charge in [0.05, 0.1) is 6.54 Å². The Bertz CT molecular complexity index is 783. The molecule has 118 valence electrons. The summed E-state index contributed by atoms with van der Waals surface area (Å²) in [6.07, 6.45) is 5.69. The lowest BCUT2D eigenvalue weighted by molar-refractivity contribution is 0.151. The predicted octanol–water partition coefficient (Wildman–Crippen LogP) is 3.70. The zero-order chi connectivity index (χ0) is 15.6. The highest BCUT2D eigenvalue weighted by Crippen LogP contribution is 2.35. The molecule has 0 amide bonds. The molecule has 0 saturated heterocycles. The Kier molecular flexibility index (Phi) is 3.93. The van der Waals surface area contributed by atoms with Crippen LogP contribution in [0.3, 0.4) is 0 Å². The van der Waals surface area contributed by atoms with Crippen molar-refractivity contribution in [1.82, 2.24) is 20.0 Å². The van der Waals surface area contributed by atoms with Crippen molar-refractivity contribution in [3.63, 3.8) is 0 Å². The largest absolute Gasteiger partial charge is 0.338 e. The molecule has 6 heteroatoms. The summed E-state index contributed by atoms with van der Waals surface area (Å²) in [5.74, 6) is 1.27. The van der Waals surface area contributed by atoms with E-state index in [9.17, 15) is 0 Å². The molecule has 1 aliphatic rings. The molecule has 0 N–H and O–H groups in total. The van der Waals surface area contributed by atoms with Crippen LogP contribution in [-0.4, -0.2) is 26.6 Å². The van der Waals surface area contributed by atoms with E-state index in [-0.39, 0.29) is 0 Å². The predicted molar refractivity (Wildman–Crippen MR) is 89.0 cm³/mol. The molecule has 23 heavy (non-hydrogen) atoms. The van der Waals surface area contributed by atoms with Gasteiger partial charge in [0.1, 0.15) is 0 Å². The number of hydrogen-bond acceptors (Lipinski definition) is 6. The van der Waals surface area contributed by atoms with Crippen molar-refractivity contribution in [3.05, 3.63) is 52.3 Å². The minimum Gasteiger partial charge on any atom is -0.338 e. The minimum atomic E-state index is 0.443. The van der Waals surface area contributed by atoms with Crippen LogP contribution in [0.1, 0.15) is 35.7 Å². The Labute approximate surface area is 139 Å². The SMILES string of the molecule is CCC1c2ccsc2CCN1Cc1nc(-c2cccnc2)no1. The first-order valence-electron chi connectivity index (χ1n) is 7.88. The smallest absolute Gasteiger partial charge is 0.241 e. The molecule has 3 aromatic heterocycles. The van der Waals surface area contributed by atoms with Crippen LogP contribution in [0.4, 0.5) is 0 Å². The summed E-state index contributed by atoms with van der Waals surface area (Å²) in [7, 11) is 0. The summed E-state index contributed by atoms with van der Waals surface area (Å²) in [6, 6.07) is 6.52. The van der Waals surface area contributed by atoms with Gasteiger partial charge in [0.15, 0.2) is 0 Å². The van der Waals surface area contributed by atoms with Crippen molar-refractivity contribution < 1.29 is 4.52 Å². The van der Waals surface area contributed by atoms with Crippen LogP contribution in [0.25, 0.3) is 11.4 Å². The molecule has 1 aliphatic heterocycles. The van der Waals surface area contributed by atoms with Gasteiger partial charge in [-0.25, -0.2) is 0 Å². The van der Waals surface area contributed by atoms with Crippen molar-refractivity contribution in [1.29, 1.82) is 0 Å². The van der Waals surface area contributed by atoms with E-state index >= 15 is 0 Å². The Balaban J connectivity index is 1.54. The summed E-state index contributed by atoms with van der Waals surface area (Å²) in [4.78, 5) is 12.6. The van der Waals surface area contributed by atoms with Crippen molar-refractivity contribution in [3.8, 4) is 11.4 Å². The zero-order valence-electron chi connectivity index (χ0n) is 13.0. The van der Waals surface area contributed by atoms with Crippen LogP contribution < -0.4 is 0 Å². The lowest BCUT2D eigenvalue weighted by Gasteiger charge is -2.34. The highest BCUT2D eigenvalue weighted by atomic mass is 32.1. The summed E-state index contributed by atoms with van der Waals surface area (Å²) in [5.41, 5.74) is 2.35. The highest BCUT2D eigenvalue weighted by molar-refractivity contribution is 7.10. The number of rotatable bonds is 4. The number of pyridine rings is 1. The van der Waals surface area contributed by atoms with Crippen LogP contribution in [0.2, 0.25) is 0 Å². The van der Waals surface area contributed by atoms with E-state index < -0.39 is 0 Å². The van der Waals surface area contributed by atoms with E-state index in [2.05, 4.69) is 38.4 Å². The number of hydrogen-bond donors (Lipinski definition) is 0. The second-order valence-electron chi connectivity index (χ2n) is 5.70. The van der Waals surface area contributed by atoms with Gasteiger partial charge in [-0.05, 0) is 42.0 Å². The Morgan fingerprint density at radius 2 is 2.35 bits per heavy atom. The molecule has 5 nitrogen and oxygen atoms in total. The average Bonchev–Trinajstić information content (AvgIpc) is 3.24. The molecule has 1 unspecified atom stereocenters. The number of nitrogens with zero attached hydrogens (tertiary/aromatic N) is 4. The molecule has 3 aromatic rings. The number of aromatic nitrogens is 3. The third-order valence-corrected chi connectivity index (χ3v) is 5.32. The molecule has 1 atom stereocenters. The molecule has 4 rings (SSSR count). The molecular formula is C17H18N4OS. The Morgan fingerprint density at radius 3 is 3.17 bits per heavy atom. The van der Waals surface area contributed by atoms with Gasteiger partial charge in [0, 0.05) is 35.4 Å². The maximum Gasteiger partial charge on any atom is 0.241 e. The zero-order valence-corrected chi connectivity index (χ0v) is 13.8. The normalized spacial score (nSPS) is 18.0. The Hall–Kier alpha value is -2.05. The first-order valence-corrected chi connectivity index (χ1v) is 8.76. The van der Waals surface area contributed by atoms with Crippen molar-refractivity contribution in [2.75, 3.05) is 6.54 Å². The molecule has 0 fully saturated rings. The second-order valence-corrected chi connectivity index (χ2v) is 6.70. The maximum atomic E-state index is 5.46. The Morgan fingerprint density at radius 1 is 1.39 bits per heavy atom. The van der Waals surface area contributed by atoms with Crippen molar-refractivity contribution in [2.45, 2.75) is 32.4 Å². The summed E-state index contributed by atoms with van der Waals surface area (Å²) in [6.45, 7) is 3.97. The standard InChI is InChI=1S/C17H18N4OS/c1-2-14-13-6-9-23-15(13)5-8-21(14)11-16-19-17(20-22-16)12-4-3-7-18-10-12/h3-4,6-7,9-10,14H,2,5,8,11H2,1H3. The van der Waals surface area contributed by atoms with Crippen molar-refractivity contribution in [2.24, 2.45) is 0 Å². The number of thiophene rings is 1. The van der Waals surface area contributed by atoms with Gasteiger partial charge in [-0.3, -0.25) is 9.88 Å². The van der Waals surface area contributed by atoms with E-state index in [0.717, 1.165) is 24.9 Å². The summed E-state index contributed by atoms with van der Waals surface area (Å²) in [5, 5.41) is 6.28. The fourth-order valence-corrected chi connectivity index (χ4v) is 4.15.